The Balaban J connectivity index is 0.000000959. The van der Waals surface area contributed by atoms with Crippen LogP contribution in [0.15, 0.2) is 48.1 Å². The number of aliphatic carboxylic acids is 1. The molecular weight excluding hydrogens is 582 g/mol. The smallest absolute Gasteiger partial charge is 0.305 e. The van der Waals surface area contributed by atoms with Crippen LogP contribution in [-0.2, 0) is 14.4 Å². The van der Waals surface area contributed by atoms with Crippen molar-refractivity contribution in [3.63, 3.8) is 0 Å². The van der Waals surface area contributed by atoms with Gasteiger partial charge in [-0.25, -0.2) is 0 Å². The number of carbonyl (C=O) groups is 3. The van der Waals surface area contributed by atoms with Crippen molar-refractivity contribution in [3.05, 3.63) is 81.4 Å². The van der Waals surface area contributed by atoms with E-state index < -0.39 is 5.97 Å². The van der Waals surface area contributed by atoms with Crippen molar-refractivity contribution in [3.8, 4) is 24.0 Å². The predicted octanol–water partition coefficient (Wildman–Crippen LogP) is 10.2. The van der Waals surface area contributed by atoms with Crippen LogP contribution in [0.1, 0.15) is 119 Å². The molecule has 5 nitrogen and oxygen atoms in total. The fraction of sp³-hybridized carbons (Fsp3) is 0.500. The Morgan fingerprint density at radius 1 is 0.936 bits per heavy atom. The van der Waals surface area contributed by atoms with Crippen molar-refractivity contribution in [2.75, 3.05) is 6.54 Å². The summed E-state index contributed by atoms with van der Waals surface area (Å²) in [6, 6.07) is 8.70. The number of nitrogens with one attached hydrogen (secondary N) is 1. The van der Waals surface area contributed by atoms with Crippen molar-refractivity contribution >= 4 is 17.5 Å². The number of terminal acetylenes is 1. The van der Waals surface area contributed by atoms with E-state index in [-0.39, 0.29) is 29.6 Å². The Morgan fingerprint density at radius 3 is 1.87 bits per heavy atom. The lowest BCUT2D eigenvalue weighted by Gasteiger charge is -2.23. The first-order valence-corrected chi connectivity index (χ1v) is 16.9. The number of Topliss-reactive ketones (excluding diaryl/α,β-unsaturated/α-hetero) is 2. The highest BCUT2D eigenvalue weighted by Gasteiger charge is 2.20. The molecular formula is C42H61NO4. The molecule has 0 aromatic heterocycles. The van der Waals surface area contributed by atoms with Gasteiger partial charge in [0.2, 0.25) is 0 Å². The molecule has 1 atom stereocenters. The SMILES string of the molecule is C#C.C/C=C\C=C(C(C)=O)C(C)=O.CC1CCC1.Cc1cc(C)c(-c2cc(C)c(C)c(C(CC(=O)O)NCCCC(C)C)c2)c(C)c1. The van der Waals surface area contributed by atoms with Gasteiger partial charge >= 0.3 is 5.97 Å². The number of benzene rings is 2. The molecule has 0 amide bonds. The summed E-state index contributed by atoms with van der Waals surface area (Å²) < 4.78 is 0. The fourth-order valence-corrected chi connectivity index (χ4v) is 5.57. The van der Waals surface area contributed by atoms with E-state index in [2.05, 4.69) is 97.8 Å². The molecule has 3 rings (SSSR count). The average molecular weight is 644 g/mol. The van der Waals surface area contributed by atoms with Crippen LogP contribution < -0.4 is 5.32 Å². The van der Waals surface area contributed by atoms with Crippen LogP contribution in [0.5, 0.6) is 0 Å². The van der Waals surface area contributed by atoms with Crippen molar-refractivity contribution < 1.29 is 19.5 Å². The third-order valence-electron chi connectivity index (χ3n) is 8.38. The minimum absolute atomic E-state index is 0.0945. The molecule has 1 aliphatic rings. The van der Waals surface area contributed by atoms with Crippen LogP contribution in [0.4, 0.5) is 0 Å². The zero-order valence-corrected chi connectivity index (χ0v) is 31.0. The molecule has 2 N–H and O–H groups in total. The molecule has 2 aromatic rings. The van der Waals surface area contributed by atoms with Gasteiger partial charge in [0.15, 0.2) is 11.6 Å². The Hall–Kier alpha value is -3.75. The highest BCUT2D eigenvalue weighted by molar-refractivity contribution is 6.18. The number of hydrogen-bond donors (Lipinski definition) is 2. The van der Waals surface area contributed by atoms with Gasteiger partial charge < -0.3 is 10.4 Å². The summed E-state index contributed by atoms with van der Waals surface area (Å²) in [5, 5.41) is 13.0. The van der Waals surface area contributed by atoms with Gasteiger partial charge in [0.25, 0.3) is 0 Å². The van der Waals surface area contributed by atoms with Gasteiger partial charge in [-0.1, -0.05) is 75.9 Å². The molecule has 5 heteroatoms. The van der Waals surface area contributed by atoms with Gasteiger partial charge in [-0.3, -0.25) is 14.4 Å². The van der Waals surface area contributed by atoms with Crippen molar-refractivity contribution in [2.24, 2.45) is 11.8 Å². The van der Waals surface area contributed by atoms with Crippen molar-refractivity contribution in [1.82, 2.24) is 5.32 Å². The number of rotatable bonds is 12. The molecule has 0 heterocycles. The summed E-state index contributed by atoms with van der Waals surface area (Å²) in [4.78, 5) is 33.1. The minimum Gasteiger partial charge on any atom is -0.481 e. The molecule has 0 bridgehead atoms. The number of carbonyl (C=O) groups excluding carboxylic acids is 2. The molecule has 1 aliphatic carbocycles. The molecule has 1 unspecified atom stereocenters. The third-order valence-corrected chi connectivity index (χ3v) is 8.38. The van der Waals surface area contributed by atoms with E-state index in [1.165, 1.54) is 78.1 Å². The first-order chi connectivity index (χ1) is 22.1. The van der Waals surface area contributed by atoms with Crippen molar-refractivity contribution in [1.29, 1.82) is 0 Å². The predicted molar refractivity (Wildman–Crippen MR) is 200 cm³/mol. The second-order valence-electron chi connectivity index (χ2n) is 13.2. The van der Waals surface area contributed by atoms with E-state index in [0.29, 0.717) is 5.92 Å². The van der Waals surface area contributed by atoms with E-state index >= 15 is 0 Å². The zero-order valence-electron chi connectivity index (χ0n) is 31.0. The molecule has 1 saturated carbocycles. The third kappa shape index (κ3) is 16.1. The topological polar surface area (TPSA) is 83.5 Å². The number of carboxylic acid groups (broad SMARTS) is 1. The first kappa shape index (κ1) is 43.2. The van der Waals surface area contributed by atoms with E-state index in [1.807, 2.05) is 6.92 Å². The highest BCUT2D eigenvalue weighted by Crippen LogP contribution is 2.34. The molecule has 258 valence electrons. The fourth-order valence-electron chi connectivity index (χ4n) is 5.57. The number of hydrogen-bond acceptors (Lipinski definition) is 4. The monoisotopic (exact) mass is 643 g/mol. The lowest BCUT2D eigenvalue weighted by Crippen LogP contribution is -2.26. The maximum atomic E-state index is 11.6. The van der Waals surface area contributed by atoms with E-state index in [9.17, 15) is 19.5 Å². The van der Waals surface area contributed by atoms with E-state index in [1.54, 1.807) is 12.2 Å². The summed E-state index contributed by atoms with van der Waals surface area (Å²) in [7, 11) is 0. The maximum absolute atomic E-state index is 11.6. The van der Waals surface area contributed by atoms with Gasteiger partial charge in [0.05, 0.1) is 12.0 Å². The van der Waals surface area contributed by atoms with Crippen LogP contribution in [0, 0.1) is 59.3 Å². The summed E-state index contributed by atoms with van der Waals surface area (Å²) in [6.07, 6.45) is 19.7. The van der Waals surface area contributed by atoms with E-state index in [4.69, 9.17) is 0 Å². The van der Waals surface area contributed by atoms with Gasteiger partial charge in [-0.05, 0) is 138 Å². The number of ketones is 2. The normalized spacial score (nSPS) is 12.7. The molecule has 1 fully saturated rings. The van der Waals surface area contributed by atoms with Gasteiger partial charge in [0.1, 0.15) is 0 Å². The number of aryl methyl sites for hydroxylation is 4. The summed E-state index contributed by atoms with van der Waals surface area (Å²) >= 11 is 0. The summed E-state index contributed by atoms with van der Waals surface area (Å²) in [5.41, 5.74) is 9.96. The Morgan fingerprint density at radius 2 is 1.47 bits per heavy atom. The molecule has 2 aromatic carbocycles. The Kier molecular flexibility index (Phi) is 20.9. The van der Waals surface area contributed by atoms with Crippen LogP contribution in [-0.4, -0.2) is 29.2 Å². The largest absolute Gasteiger partial charge is 0.481 e. The van der Waals surface area contributed by atoms with Crippen LogP contribution in [0.3, 0.4) is 0 Å². The maximum Gasteiger partial charge on any atom is 0.305 e. The van der Waals surface area contributed by atoms with Crippen LogP contribution in [0.25, 0.3) is 11.1 Å². The molecule has 47 heavy (non-hydrogen) atoms. The molecule has 0 radical (unpaired) electrons. The zero-order chi connectivity index (χ0) is 36.3. The summed E-state index contributed by atoms with van der Waals surface area (Å²) in [6.45, 7) is 22.8. The minimum atomic E-state index is -0.767. The van der Waals surface area contributed by atoms with Gasteiger partial charge in [0, 0.05) is 6.04 Å². The van der Waals surface area contributed by atoms with Crippen LogP contribution in [0.2, 0.25) is 0 Å². The Labute approximate surface area is 286 Å². The summed E-state index contributed by atoms with van der Waals surface area (Å²) in [5.74, 6) is 0.590. The standard InChI is InChI=1S/C26H37NO2.C9H12O2.C5H10.C2H2/c1-16(2)9-8-10-27-24(15-25(28)29)23-14-22(13-18(4)21(23)7)26-19(5)11-17(3)12-20(26)6;1-4-5-6-9(7(2)10)8(3)11;1-5-3-2-4-5;1-2/h11-14,16,24,27H,8-10,15H2,1-7H3,(H,28,29);4-6H,1-3H3;5H,2-4H2,1H3;1-2H/b;5-4-;;. The second kappa shape index (κ2) is 22.7. The average Bonchev–Trinajstić information content (AvgIpc) is 2.96. The Bertz CT molecular complexity index is 1350. The van der Waals surface area contributed by atoms with E-state index in [0.717, 1.165) is 30.9 Å². The highest BCUT2D eigenvalue weighted by atomic mass is 16.4. The second-order valence-corrected chi connectivity index (χ2v) is 13.2. The van der Waals surface area contributed by atoms with Crippen LogP contribution >= 0.6 is 0 Å². The number of allylic oxidation sites excluding steroid dienone is 4. The number of carboxylic acids is 1. The molecule has 0 spiro atoms. The molecule has 0 saturated heterocycles. The first-order valence-electron chi connectivity index (χ1n) is 16.9. The quantitative estimate of drug-likeness (QED) is 0.0601. The lowest BCUT2D eigenvalue weighted by molar-refractivity contribution is -0.137. The van der Waals surface area contributed by atoms with Crippen molar-refractivity contribution in [2.45, 2.75) is 121 Å². The van der Waals surface area contributed by atoms with Gasteiger partial charge in [-0.15, -0.1) is 12.8 Å². The molecule has 0 aliphatic heterocycles. The lowest BCUT2D eigenvalue weighted by atomic mass is 9.87. The van der Waals surface area contributed by atoms with Gasteiger partial charge in [-0.2, -0.15) is 0 Å².